The van der Waals surface area contributed by atoms with E-state index in [1.54, 1.807) is 0 Å². The van der Waals surface area contributed by atoms with Gasteiger partial charge >= 0.3 is 0 Å². The van der Waals surface area contributed by atoms with Crippen LogP contribution >= 0.6 is 0 Å². The molecule has 7 nitrogen and oxygen atoms in total. The summed E-state index contributed by atoms with van der Waals surface area (Å²) in [5, 5.41) is 12.1. The molecule has 3 heterocycles. The van der Waals surface area contributed by atoms with Crippen LogP contribution in [0.5, 0.6) is 0 Å². The molecule has 3 rings (SSSR count). The number of hydrogen-bond donors (Lipinski definition) is 1. The van der Waals surface area contributed by atoms with Crippen LogP contribution in [-0.2, 0) is 19.6 Å². The SMILES string of the molecule is Cc1cc(C)n(C[C@@H](C)NC(=O)c2cc3n(n2)CCCN(C(C)C)C3)n1. The Morgan fingerprint density at radius 1 is 1.19 bits per heavy atom. The van der Waals surface area contributed by atoms with Crippen molar-refractivity contribution in [2.45, 2.75) is 72.8 Å². The van der Waals surface area contributed by atoms with Gasteiger partial charge in [-0.05, 0) is 53.2 Å². The number of aromatic nitrogens is 4. The molecule has 2 aromatic rings. The third-order valence-electron chi connectivity index (χ3n) is 4.93. The molecule has 0 aromatic carbocycles. The Morgan fingerprint density at radius 2 is 1.96 bits per heavy atom. The molecular weight excluding hydrogens is 328 g/mol. The normalized spacial score (nSPS) is 16.4. The van der Waals surface area contributed by atoms with E-state index in [0.717, 1.165) is 43.1 Å². The van der Waals surface area contributed by atoms with Crippen LogP contribution in [0.15, 0.2) is 12.1 Å². The monoisotopic (exact) mass is 358 g/mol. The molecule has 0 fully saturated rings. The van der Waals surface area contributed by atoms with Crippen molar-refractivity contribution in [2.75, 3.05) is 6.54 Å². The highest BCUT2D eigenvalue weighted by Gasteiger charge is 2.21. The molecule has 1 aliphatic rings. The second-order valence-electron chi connectivity index (χ2n) is 7.65. The molecule has 1 amide bonds. The number of aryl methyl sites for hydroxylation is 3. The summed E-state index contributed by atoms with van der Waals surface area (Å²) in [5.74, 6) is -0.115. The summed E-state index contributed by atoms with van der Waals surface area (Å²) in [5.41, 5.74) is 3.72. The van der Waals surface area contributed by atoms with Gasteiger partial charge in [-0.3, -0.25) is 19.1 Å². The molecule has 142 valence electrons. The minimum Gasteiger partial charge on any atom is -0.346 e. The summed E-state index contributed by atoms with van der Waals surface area (Å²) in [6, 6.07) is 4.46. The largest absolute Gasteiger partial charge is 0.346 e. The molecule has 7 heteroatoms. The maximum Gasteiger partial charge on any atom is 0.272 e. The molecule has 0 bridgehead atoms. The van der Waals surface area contributed by atoms with E-state index in [4.69, 9.17) is 0 Å². The molecular formula is C19H30N6O. The van der Waals surface area contributed by atoms with E-state index in [1.165, 1.54) is 0 Å². The van der Waals surface area contributed by atoms with Crippen LogP contribution in [0.3, 0.4) is 0 Å². The highest BCUT2D eigenvalue weighted by atomic mass is 16.2. The van der Waals surface area contributed by atoms with Gasteiger partial charge in [0.05, 0.1) is 17.9 Å². The topological polar surface area (TPSA) is 68.0 Å². The lowest BCUT2D eigenvalue weighted by Crippen LogP contribution is -2.36. The van der Waals surface area contributed by atoms with Crippen molar-refractivity contribution in [3.8, 4) is 0 Å². The van der Waals surface area contributed by atoms with Gasteiger partial charge in [0.2, 0.25) is 0 Å². The smallest absolute Gasteiger partial charge is 0.272 e. The van der Waals surface area contributed by atoms with Gasteiger partial charge in [-0.15, -0.1) is 0 Å². The Bertz CT molecular complexity index is 775. The zero-order valence-electron chi connectivity index (χ0n) is 16.5. The van der Waals surface area contributed by atoms with Gasteiger partial charge < -0.3 is 5.32 Å². The molecule has 0 unspecified atom stereocenters. The molecule has 1 aliphatic heterocycles. The van der Waals surface area contributed by atoms with Gasteiger partial charge in [-0.25, -0.2) is 0 Å². The predicted molar refractivity (Wildman–Crippen MR) is 101 cm³/mol. The quantitative estimate of drug-likeness (QED) is 0.889. The fourth-order valence-corrected chi connectivity index (χ4v) is 3.50. The zero-order chi connectivity index (χ0) is 18.8. The molecule has 0 radical (unpaired) electrons. The van der Waals surface area contributed by atoms with Gasteiger partial charge in [-0.1, -0.05) is 0 Å². The number of carbonyl (C=O) groups excluding carboxylic acids is 1. The zero-order valence-corrected chi connectivity index (χ0v) is 16.5. The summed E-state index contributed by atoms with van der Waals surface area (Å²) in [6.07, 6.45) is 1.06. The van der Waals surface area contributed by atoms with Crippen LogP contribution in [-0.4, -0.2) is 49.0 Å². The summed E-state index contributed by atoms with van der Waals surface area (Å²) in [4.78, 5) is 15.0. The van der Waals surface area contributed by atoms with Crippen molar-refractivity contribution >= 4 is 5.91 Å². The molecule has 1 atom stereocenters. The Hall–Kier alpha value is -2.15. The molecule has 0 saturated carbocycles. The fourth-order valence-electron chi connectivity index (χ4n) is 3.50. The Kier molecular flexibility index (Phi) is 5.46. The molecule has 26 heavy (non-hydrogen) atoms. The van der Waals surface area contributed by atoms with Crippen LogP contribution in [0.1, 0.15) is 54.8 Å². The van der Waals surface area contributed by atoms with Crippen molar-refractivity contribution in [1.29, 1.82) is 0 Å². The van der Waals surface area contributed by atoms with Gasteiger partial charge in [-0.2, -0.15) is 10.2 Å². The number of hydrogen-bond acceptors (Lipinski definition) is 4. The summed E-state index contributed by atoms with van der Waals surface area (Å²) in [7, 11) is 0. The first-order valence-corrected chi connectivity index (χ1v) is 9.46. The first-order chi connectivity index (χ1) is 12.3. The van der Waals surface area contributed by atoms with E-state index in [-0.39, 0.29) is 11.9 Å². The Labute approximate surface area is 155 Å². The van der Waals surface area contributed by atoms with Crippen molar-refractivity contribution in [3.05, 3.63) is 34.9 Å². The lowest BCUT2D eigenvalue weighted by Gasteiger charge is -2.23. The van der Waals surface area contributed by atoms with E-state index >= 15 is 0 Å². The maximum atomic E-state index is 12.6. The minimum atomic E-state index is -0.115. The highest BCUT2D eigenvalue weighted by molar-refractivity contribution is 5.92. The second kappa shape index (κ2) is 7.61. The van der Waals surface area contributed by atoms with Crippen LogP contribution in [0.25, 0.3) is 0 Å². The number of rotatable bonds is 5. The Balaban J connectivity index is 1.65. The van der Waals surface area contributed by atoms with Crippen molar-refractivity contribution < 1.29 is 4.79 Å². The van der Waals surface area contributed by atoms with E-state index in [2.05, 4.69) is 34.3 Å². The lowest BCUT2D eigenvalue weighted by atomic mass is 10.2. The van der Waals surface area contributed by atoms with Gasteiger partial charge in [0.1, 0.15) is 0 Å². The maximum absolute atomic E-state index is 12.6. The first kappa shape index (κ1) is 18.6. The molecule has 1 N–H and O–H groups in total. The van der Waals surface area contributed by atoms with Gasteiger partial charge in [0.15, 0.2) is 5.69 Å². The average molecular weight is 358 g/mol. The molecule has 2 aromatic heterocycles. The van der Waals surface area contributed by atoms with Gasteiger partial charge in [0.25, 0.3) is 5.91 Å². The molecule has 0 aliphatic carbocycles. The fraction of sp³-hybridized carbons (Fsp3) is 0.632. The van der Waals surface area contributed by atoms with Gasteiger partial charge in [0, 0.05) is 37.4 Å². The summed E-state index contributed by atoms with van der Waals surface area (Å²) < 4.78 is 3.92. The molecule has 0 spiro atoms. The molecule has 0 saturated heterocycles. The number of nitrogens with zero attached hydrogens (tertiary/aromatic N) is 5. The van der Waals surface area contributed by atoms with E-state index in [9.17, 15) is 4.79 Å². The van der Waals surface area contributed by atoms with Crippen LogP contribution < -0.4 is 5.32 Å². The standard InChI is InChI=1S/C19H30N6O/c1-13(2)23-7-6-8-24-17(12-23)10-18(22-24)19(26)20-15(4)11-25-16(5)9-14(3)21-25/h9-10,13,15H,6-8,11-12H2,1-5H3,(H,20,26)/t15-/m1/s1. The predicted octanol–water partition coefficient (Wildman–Crippen LogP) is 2.13. The lowest BCUT2D eigenvalue weighted by molar-refractivity contribution is 0.0930. The second-order valence-corrected chi connectivity index (χ2v) is 7.65. The Morgan fingerprint density at radius 3 is 2.62 bits per heavy atom. The van der Waals surface area contributed by atoms with Crippen LogP contribution in [0, 0.1) is 13.8 Å². The van der Waals surface area contributed by atoms with Crippen LogP contribution in [0.4, 0.5) is 0 Å². The average Bonchev–Trinajstić information content (AvgIpc) is 3.02. The van der Waals surface area contributed by atoms with Crippen molar-refractivity contribution in [1.82, 2.24) is 29.8 Å². The summed E-state index contributed by atoms with van der Waals surface area (Å²) in [6.45, 7) is 13.9. The van der Waals surface area contributed by atoms with E-state index in [0.29, 0.717) is 18.3 Å². The third-order valence-corrected chi connectivity index (χ3v) is 4.93. The van der Waals surface area contributed by atoms with Crippen molar-refractivity contribution in [3.63, 3.8) is 0 Å². The van der Waals surface area contributed by atoms with Crippen LogP contribution in [0.2, 0.25) is 0 Å². The van der Waals surface area contributed by atoms with Crippen molar-refractivity contribution in [2.24, 2.45) is 0 Å². The number of nitrogens with one attached hydrogen (secondary N) is 1. The number of fused-ring (bicyclic) bond motifs is 1. The highest BCUT2D eigenvalue weighted by Crippen LogP contribution is 2.16. The summed E-state index contributed by atoms with van der Waals surface area (Å²) >= 11 is 0. The van der Waals surface area contributed by atoms with E-state index < -0.39 is 0 Å². The van der Waals surface area contributed by atoms with E-state index in [1.807, 2.05) is 42.3 Å². The number of amides is 1. The number of carbonyl (C=O) groups is 1. The minimum absolute atomic E-state index is 0.0193. The third kappa shape index (κ3) is 4.15. The first-order valence-electron chi connectivity index (χ1n) is 9.46.